The van der Waals surface area contributed by atoms with Crippen LogP contribution in [0.15, 0.2) is 29.1 Å². The summed E-state index contributed by atoms with van der Waals surface area (Å²) in [5.41, 5.74) is 0.856. The Balaban J connectivity index is 0.000000514. The maximum absolute atomic E-state index is 11.7. The predicted molar refractivity (Wildman–Crippen MR) is 73.8 cm³/mol. The Labute approximate surface area is 103 Å². The van der Waals surface area contributed by atoms with Crippen LogP contribution in [0.2, 0.25) is 0 Å². The molecule has 0 unspecified atom stereocenters. The van der Waals surface area contributed by atoms with E-state index >= 15 is 0 Å². The molecular formula is C13H14N2OS. The average molecular weight is 246 g/mol. The second-order valence-corrected chi connectivity index (χ2v) is 4.61. The summed E-state index contributed by atoms with van der Waals surface area (Å²) in [5, 5.41) is 2.60. The van der Waals surface area contributed by atoms with Crippen molar-refractivity contribution in [3.05, 3.63) is 39.6 Å². The number of aromatic amines is 1. The highest BCUT2D eigenvalue weighted by Crippen LogP contribution is 2.24. The summed E-state index contributed by atoms with van der Waals surface area (Å²) in [6, 6.07) is 7.55. The first-order chi connectivity index (χ1) is 8.25. The zero-order valence-corrected chi connectivity index (χ0v) is 10.9. The van der Waals surface area contributed by atoms with E-state index in [0.717, 1.165) is 20.7 Å². The molecule has 0 bridgehead atoms. The fourth-order valence-corrected chi connectivity index (χ4v) is 2.58. The Morgan fingerprint density at radius 3 is 2.53 bits per heavy atom. The van der Waals surface area contributed by atoms with E-state index in [1.54, 1.807) is 0 Å². The topological polar surface area (TPSA) is 45.8 Å². The van der Waals surface area contributed by atoms with Crippen molar-refractivity contribution in [2.24, 2.45) is 0 Å². The highest BCUT2D eigenvalue weighted by Gasteiger charge is 2.07. The number of pyridine rings is 1. The third-order valence-electron chi connectivity index (χ3n) is 2.39. The van der Waals surface area contributed by atoms with Gasteiger partial charge in [-0.1, -0.05) is 32.0 Å². The van der Waals surface area contributed by atoms with Gasteiger partial charge in [0.2, 0.25) is 0 Å². The lowest BCUT2D eigenvalue weighted by molar-refractivity contribution is 1.33. The Bertz CT molecular complexity index is 712. The fourth-order valence-electron chi connectivity index (χ4n) is 1.75. The summed E-state index contributed by atoms with van der Waals surface area (Å²) >= 11 is 1.51. The van der Waals surface area contributed by atoms with E-state index in [9.17, 15) is 4.79 Å². The normalized spacial score (nSPS) is 10.3. The summed E-state index contributed by atoms with van der Waals surface area (Å²) < 4.78 is 0. The van der Waals surface area contributed by atoms with E-state index in [4.69, 9.17) is 0 Å². The van der Waals surface area contributed by atoms with Gasteiger partial charge in [0, 0.05) is 10.8 Å². The van der Waals surface area contributed by atoms with Crippen LogP contribution >= 0.6 is 11.3 Å². The van der Waals surface area contributed by atoms with E-state index in [0.29, 0.717) is 5.39 Å². The maximum atomic E-state index is 11.7. The van der Waals surface area contributed by atoms with Crippen molar-refractivity contribution < 1.29 is 0 Å². The van der Waals surface area contributed by atoms with Crippen LogP contribution < -0.4 is 5.56 Å². The largest absolute Gasteiger partial charge is 0.312 e. The Kier molecular flexibility index (Phi) is 3.24. The minimum absolute atomic E-state index is 0.0400. The van der Waals surface area contributed by atoms with Crippen LogP contribution in [0.4, 0.5) is 0 Å². The zero-order chi connectivity index (χ0) is 12.4. The Hall–Kier alpha value is -1.68. The van der Waals surface area contributed by atoms with Gasteiger partial charge in [0.1, 0.15) is 10.3 Å². The summed E-state index contributed by atoms with van der Waals surface area (Å²) in [5.74, 6) is 0. The van der Waals surface area contributed by atoms with Crippen molar-refractivity contribution in [1.29, 1.82) is 0 Å². The molecule has 4 heteroatoms. The van der Waals surface area contributed by atoms with Crippen LogP contribution in [0.3, 0.4) is 0 Å². The number of benzene rings is 1. The number of thiazole rings is 1. The Morgan fingerprint density at radius 2 is 1.82 bits per heavy atom. The highest BCUT2D eigenvalue weighted by molar-refractivity contribution is 7.18. The number of hydrogen-bond acceptors (Lipinski definition) is 3. The van der Waals surface area contributed by atoms with Crippen LogP contribution in [0, 0.1) is 6.92 Å². The number of aromatic nitrogens is 2. The van der Waals surface area contributed by atoms with Gasteiger partial charge in [-0.25, -0.2) is 4.98 Å². The van der Waals surface area contributed by atoms with Crippen molar-refractivity contribution in [1.82, 2.24) is 9.97 Å². The van der Waals surface area contributed by atoms with Crippen molar-refractivity contribution in [3.63, 3.8) is 0 Å². The SMILES string of the molecule is CC.Cc1nc2c([nH]c(=O)c3ccccc32)s1. The van der Waals surface area contributed by atoms with Crippen molar-refractivity contribution in [2.75, 3.05) is 0 Å². The molecule has 17 heavy (non-hydrogen) atoms. The van der Waals surface area contributed by atoms with Crippen LogP contribution in [0.1, 0.15) is 18.9 Å². The maximum Gasteiger partial charge on any atom is 0.257 e. The second kappa shape index (κ2) is 4.67. The molecule has 88 valence electrons. The number of H-pyrrole nitrogens is 1. The van der Waals surface area contributed by atoms with Gasteiger partial charge in [-0.15, -0.1) is 11.3 Å². The first-order valence-electron chi connectivity index (χ1n) is 5.64. The molecule has 0 aliphatic carbocycles. The highest BCUT2D eigenvalue weighted by atomic mass is 32.1. The summed E-state index contributed by atoms with van der Waals surface area (Å²) in [6.45, 7) is 5.94. The zero-order valence-electron chi connectivity index (χ0n) is 10.1. The molecule has 0 saturated carbocycles. The lowest BCUT2D eigenvalue weighted by Crippen LogP contribution is -2.04. The number of aryl methyl sites for hydroxylation is 1. The fraction of sp³-hybridized carbons (Fsp3) is 0.231. The molecule has 0 amide bonds. The third-order valence-corrected chi connectivity index (χ3v) is 3.27. The van der Waals surface area contributed by atoms with Crippen molar-refractivity contribution in [3.8, 4) is 0 Å². The predicted octanol–water partition coefficient (Wildman–Crippen LogP) is 3.47. The smallest absolute Gasteiger partial charge is 0.257 e. The minimum atomic E-state index is -0.0400. The first-order valence-corrected chi connectivity index (χ1v) is 6.45. The van der Waals surface area contributed by atoms with E-state index in [2.05, 4.69) is 9.97 Å². The summed E-state index contributed by atoms with van der Waals surface area (Å²) in [7, 11) is 0. The molecule has 0 fully saturated rings. The molecule has 0 radical (unpaired) electrons. The number of hydrogen-bond donors (Lipinski definition) is 1. The monoisotopic (exact) mass is 246 g/mol. The molecule has 3 aromatic rings. The van der Waals surface area contributed by atoms with Crippen LogP contribution in [0.5, 0.6) is 0 Å². The van der Waals surface area contributed by atoms with Gasteiger partial charge in [-0.05, 0) is 13.0 Å². The molecule has 3 rings (SSSR count). The van der Waals surface area contributed by atoms with Gasteiger partial charge in [0.25, 0.3) is 5.56 Å². The van der Waals surface area contributed by atoms with Crippen LogP contribution in [-0.2, 0) is 0 Å². The third kappa shape index (κ3) is 1.96. The molecule has 1 N–H and O–H groups in total. The second-order valence-electron chi connectivity index (χ2n) is 3.41. The molecule has 0 atom stereocenters. The van der Waals surface area contributed by atoms with E-state index < -0.39 is 0 Å². The standard InChI is InChI=1S/C11H8N2OS.C2H6/c1-6-12-9-7-4-2-3-5-8(7)10(14)13-11(9)15-6;1-2/h2-5H,1H3,(H,13,14);1-2H3. The van der Waals surface area contributed by atoms with Crippen LogP contribution in [-0.4, -0.2) is 9.97 Å². The summed E-state index contributed by atoms with van der Waals surface area (Å²) in [4.78, 5) is 19.9. The van der Waals surface area contributed by atoms with Gasteiger partial charge >= 0.3 is 0 Å². The molecule has 0 aliphatic rings. The molecule has 0 saturated heterocycles. The minimum Gasteiger partial charge on any atom is -0.312 e. The lowest BCUT2D eigenvalue weighted by atomic mass is 10.1. The van der Waals surface area contributed by atoms with E-state index in [-0.39, 0.29) is 5.56 Å². The molecule has 0 spiro atoms. The molecule has 3 nitrogen and oxygen atoms in total. The van der Waals surface area contributed by atoms with Gasteiger partial charge < -0.3 is 4.98 Å². The number of nitrogens with one attached hydrogen (secondary N) is 1. The molecule has 0 aliphatic heterocycles. The average Bonchev–Trinajstić information content (AvgIpc) is 2.73. The van der Waals surface area contributed by atoms with Gasteiger partial charge in [-0.3, -0.25) is 4.79 Å². The molecule has 1 aromatic carbocycles. The number of fused-ring (bicyclic) bond motifs is 3. The van der Waals surface area contributed by atoms with Crippen molar-refractivity contribution in [2.45, 2.75) is 20.8 Å². The quantitative estimate of drug-likeness (QED) is 0.660. The number of nitrogens with zero attached hydrogens (tertiary/aromatic N) is 1. The summed E-state index contributed by atoms with van der Waals surface area (Å²) in [6.07, 6.45) is 0. The molecule has 2 heterocycles. The van der Waals surface area contributed by atoms with Crippen LogP contribution in [0.25, 0.3) is 21.1 Å². The van der Waals surface area contributed by atoms with E-state index in [1.165, 1.54) is 11.3 Å². The number of rotatable bonds is 0. The Morgan fingerprint density at radius 1 is 1.18 bits per heavy atom. The van der Waals surface area contributed by atoms with Crippen molar-refractivity contribution >= 4 is 32.5 Å². The van der Waals surface area contributed by atoms with Gasteiger partial charge in [0.05, 0.1) is 5.01 Å². The van der Waals surface area contributed by atoms with Gasteiger partial charge in [0.15, 0.2) is 0 Å². The lowest BCUT2D eigenvalue weighted by Gasteiger charge is -1.96. The van der Waals surface area contributed by atoms with Gasteiger partial charge in [-0.2, -0.15) is 0 Å². The first kappa shape index (κ1) is 11.8. The molecular weight excluding hydrogens is 232 g/mol. The van der Waals surface area contributed by atoms with E-state index in [1.807, 2.05) is 45.0 Å². The molecule has 2 aromatic heterocycles.